The summed E-state index contributed by atoms with van der Waals surface area (Å²) in [6.45, 7) is 5.04. The van der Waals surface area contributed by atoms with Gasteiger partial charge in [0.05, 0.1) is 11.8 Å². The van der Waals surface area contributed by atoms with Gasteiger partial charge in [0, 0.05) is 12.8 Å². The molecule has 1 aromatic heterocycles. The minimum absolute atomic E-state index is 0.183. The molecule has 1 unspecified atom stereocenters. The second kappa shape index (κ2) is 8.28. The third-order valence-corrected chi connectivity index (χ3v) is 2.71. The molecule has 0 aliphatic rings. The molecule has 0 amide bonds. The van der Waals surface area contributed by atoms with Gasteiger partial charge in [0.2, 0.25) is 0 Å². The topological polar surface area (TPSA) is 22.1 Å². The molecule has 1 aromatic rings. The summed E-state index contributed by atoms with van der Waals surface area (Å²) in [5, 5.41) is 0. The summed E-state index contributed by atoms with van der Waals surface area (Å²) in [4.78, 5) is 4.37. The molecule has 16 heavy (non-hydrogen) atoms. The standard InChI is InChI=1S/C14H23NO/c1-3-5-6-7-11-14(16-4-2)13-10-8-9-12-15-13/h8-10,12,14H,3-7,11H2,1-2H3. The van der Waals surface area contributed by atoms with Crippen molar-refractivity contribution in [3.8, 4) is 0 Å². The summed E-state index contributed by atoms with van der Waals surface area (Å²) < 4.78 is 5.75. The maximum absolute atomic E-state index is 5.75. The molecule has 0 aliphatic heterocycles. The van der Waals surface area contributed by atoms with Crippen LogP contribution in [0.1, 0.15) is 57.7 Å². The van der Waals surface area contributed by atoms with Gasteiger partial charge in [0.15, 0.2) is 0 Å². The van der Waals surface area contributed by atoms with Gasteiger partial charge >= 0.3 is 0 Å². The van der Waals surface area contributed by atoms with Crippen molar-refractivity contribution in [3.05, 3.63) is 30.1 Å². The van der Waals surface area contributed by atoms with Crippen LogP contribution in [0, 0.1) is 0 Å². The van der Waals surface area contributed by atoms with Crippen LogP contribution in [0.25, 0.3) is 0 Å². The molecule has 0 saturated carbocycles. The van der Waals surface area contributed by atoms with Crippen molar-refractivity contribution in [3.63, 3.8) is 0 Å². The van der Waals surface area contributed by atoms with Gasteiger partial charge in [0.1, 0.15) is 0 Å². The van der Waals surface area contributed by atoms with E-state index in [-0.39, 0.29) is 6.10 Å². The molecule has 2 nitrogen and oxygen atoms in total. The lowest BCUT2D eigenvalue weighted by Gasteiger charge is -2.16. The van der Waals surface area contributed by atoms with E-state index < -0.39 is 0 Å². The van der Waals surface area contributed by atoms with E-state index in [1.54, 1.807) is 0 Å². The van der Waals surface area contributed by atoms with E-state index in [2.05, 4.69) is 18.0 Å². The number of aromatic nitrogens is 1. The van der Waals surface area contributed by atoms with Gasteiger partial charge in [-0.1, -0.05) is 38.7 Å². The molecule has 1 atom stereocenters. The van der Waals surface area contributed by atoms with E-state index in [0.29, 0.717) is 0 Å². The van der Waals surface area contributed by atoms with Gasteiger partial charge in [0.25, 0.3) is 0 Å². The summed E-state index contributed by atoms with van der Waals surface area (Å²) in [5.41, 5.74) is 1.07. The Bertz CT molecular complexity index is 261. The lowest BCUT2D eigenvalue weighted by Crippen LogP contribution is -2.06. The van der Waals surface area contributed by atoms with Gasteiger partial charge < -0.3 is 4.74 Å². The normalized spacial score (nSPS) is 12.6. The van der Waals surface area contributed by atoms with Crippen molar-refractivity contribution in [2.24, 2.45) is 0 Å². The van der Waals surface area contributed by atoms with Gasteiger partial charge in [-0.3, -0.25) is 4.98 Å². The molecule has 0 N–H and O–H groups in total. The molecule has 0 fully saturated rings. The number of hydrogen-bond donors (Lipinski definition) is 0. The van der Waals surface area contributed by atoms with Crippen LogP contribution in [0.4, 0.5) is 0 Å². The zero-order chi connectivity index (χ0) is 11.6. The predicted molar refractivity (Wildman–Crippen MR) is 67.4 cm³/mol. The fourth-order valence-corrected chi connectivity index (χ4v) is 1.84. The minimum Gasteiger partial charge on any atom is -0.372 e. The Balaban J connectivity index is 2.41. The fraction of sp³-hybridized carbons (Fsp3) is 0.643. The molecule has 2 heteroatoms. The van der Waals surface area contributed by atoms with Gasteiger partial charge in [-0.25, -0.2) is 0 Å². The fourth-order valence-electron chi connectivity index (χ4n) is 1.84. The quantitative estimate of drug-likeness (QED) is 0.616. The smallest absolute Gasteiger partial charge is 0.0994 e. The highest BCUT2D eigenvalue weighted by atomic mass is 16.5. The Labute approximate surface area is 99.0 Å². The third-order valence-electron chi connectivity index (χ3n) is 2.71. The highest BCUT2D eigenvalue weighted by Gasteiger charge is 2.11. The van der Waals surface area contributed by atoms with Crippen molar-refractivity contribution in [1.29, 1.82) is 0 Å². The lowest BCUT2D eigenvalue weighted by atomic mass is 10.1. The van der Waals surface area contributed by atoms with E-state index in [1.165, 1.54) is 25.7 Å². The maximum Gasteiger partial charge on any atom is 0.0994 e. The second-order valence-electron chi connectivity index (χ2n) is 4.05. The number of nitrogens with zero attached hydrogens (tertiary/aromatic N) is 1. The van der Waals surface area contributed by atoms with Crippen molar-refractivity contribution in [1.82, 2.24) is 4.98 Å². The van der Waals surface area contributed by atoms with Crippen molar-refractivity contribution >= 4 is 0 Å². The highest BCUT2D eigenvalue weighted by molar-refractivity contribution is 5.06. The van der Waals surface area contributed by atoms with Crippen molar-refractivity contribution in [2.45, 2.75) is 52.1 Å². The van der Waals surface area contributed by atoms with Crippen molar-refractivity contribution < 1.29 is 4.74 Å². The Morgan fingerprint density at radius 3 is 2.69 bits per heavy atom. The highest BCUT2D eigenvalue weighted by Crippen LogP contribution is 2.22. The molecule has 0 spiro atoms. The number of ether oxygens (including phenoxy) is 1. The van der Waals surface area contributed by atoms with E-state index in [4.69, 9.17) is 4.74 Å². The first-order valence-corrected chi connectivity index (χ1v) is 6.41. The number of pyridine rings is 1. The van der Waals surface area contributed by atoms with Crippen LogP contribution in [0.3, 0.4) is 0 Å². The Morgan fingerprint density at radius 1 is 1.19 bits per heavy atom. The summed E-state index contributed by atoms with van der Waals surface area (Å²) in [5.74, 6) is 0. The van der Waals surface area contributed by atoms with Crippen LogP contribution in [0.5, 0.6) is 0 Å². The number of unbranched alkanes of at least 4 members (excludes halogenated alkanes) is 3. The van der Waals surface area contributed by atoms with Crippen LogP contribution in [0.2, 0.25) is 0 Å². The van der Waals surface area contributed by atoms with Crippen LogP contribution >= 0.6 is 0 Å². The van der Waals surface area contributed by atoms with Crippen molar-refractivity contribution in [2.75, 3.05) is 6.61 Å². The minimum atomic E-state index is 0.183. The lowest BCUT2D eigenvalue weighted by molar-refractivity contribution is 0.0512. The second-order valence-corrected chi connectivity index (χ2v) is 4.05. The largest absolute Gasteiger partial charge is 0.372 e. The molecule has 0 radical (unpaired) electrons. The first-order valence-electron chi connectivity index (χ1n) is 6.41. The zero-order valence-corrected chi connectivity index (χ0v) is 10.5. The van der Waals surface area contributed by atoms with Gasteiger partial charge in [-0.2, -0.15) is 0 Å². The molecule has 1 heterocycles. The molecular formula is C14H23NO. The van der Waals surface area contributed by atoms with Crippen LogP contribution in [0.15, 0.2) is 24.4 Å². The molecule has 90 valence electrons. The van der Waals surface area contributed by atoms with Crippen LogP contribution in [-0.4, -0.2) is 11.6 Å². The molecule has 0 aliphatic carbocycles. The summed E-state index contributed by atoms with van der Waals surface area (Å²) >= 11 is 0. The Hall–Kier alpha value is -0.890. The molecule has 0 bridgehead atoms. The summed E-state index contributed by atoms with van der Waals surface area (Å²) in [6, 6.07) is 6.03. The SMILES string of the molecule is CCCCCCC(OCC)c1ccccn1. The summed E-state index contributed by atoms with van der Waals surface area (Å²) in [7, 11) is 0. The Kier molecular flexibility index (Phi) is 6.82. The van der Waals surface area contributed by atoms with E-state index in [0.717, 1.165) is 18.7 Å². The Morgan fingerprint density at radius 2 is 2.06 bits per heavy atom. The summed E-state index contributed by atoms with van der Waals surface area (Å²) in [6.07, 6.45) is 8.24. The van der Waals surface area contributed by atoms with E-state index in [1.807, 2.05) is 25.3 Å². The van der Waals surface area contributed by atoms with Gasteiger partial charge in [-0.15, -0.1) is 0 Å². The molecule has 0 aromatic carbocycles. The van der Waals surface area contributed by atoms with Crippen LogP contribution in [-0.2, 0) is 4.74 Å². The monoisotopic (exact) mass is 221 g/mol. The number of rotatable bonds is 8. The number of hydrogen-bond acceptors (Lipinski definition) is 2. The van der Waals surface area contributed by atoms with Gasteiger partial charge in [-0.05, 0) is 25.5 Å². The zero-order valence-electron chi connectivity index (χ0n) is 10.5. The van der Waals surface area contributed by atoms with E-state index in [9.17, 15) is 0 Å². The van der Waals surface area contributed by atoms with E-state index >= 15 is 0 Å². The maximum atomic E-state index is 5.75. The van der Waals surface area contributed by atoms with Crippen LogP contribution < -0.4 is 0 Å². The first kappa shape index (κ1) is 13.2. The third kappa shape index (κ3) is 4.75. The predicted octanol–water partition coefficient (Wildman–Crippen LogP) is 4.13. The molecule has 1 rings (SSSR count). The first-order chi connectivity index (χ1) is 7.88. The average molecular weight is 221 g/mol. The molecule has 0 saturated heterocycles. The molecular weight excluding hydrogens is 198 g/mol. The average Bonchev–Trinajstić information content (AvgIpc) is 2.34.